The van der Waals surface area contributed by atoms with E-state index in [4.69, 9.17) is 5.73 Å². The second-order valence-electron chi connectivity index (χ2n) is 4.02. The molecule has 3 amide bonds. The SMILES string of the molecule is Cc1ccc(NC(=O)C(C)NC(N)=O)cc1C. The van der Waals surface area contributed by atoms with Gasteiger partial charge in [0.05, 0.1) is 0 Å². The van der Waals surface area contributed by atoms with E-state index in [1.54, 1.807) is 6.92 Å². The highest BCUT2D eigenvalue weighted by molar-refractivity contribution is 5.96. The molecule has 1 aromatic carbocycles. The average molecular weight is 235 g/mol. The summed E-state index contributed by atoms with van der Waals surface area (Å²) in [5.74, 6) is -0.299. The predicted octanol–water partition coefficient (Wildman–Crippen LogP) is 1.30. The molecule has 0 aliphatic heterocycles. The largest absolute Gasteiger partial charge is 0.352 e. The van der Waals surface area contributed by atoms with E-state index in [-0.39, 0.29) is 5.91 Å². The Hall–Kier alpha value is -2.04. The van der Waals surface area contributed by atoms with Gasteiger partial charge in [0, 0.05) is 5.69 Å². The maximum absolute atomic E-state index is 11.7. The lowest BCUT2D eigenvalue weighted by Gasteiger charge is -2.13. The lowest BCUT2D eigenvalue weighted by atomic mass is 10.1. The van der Waals surface area contributed by atoms with Gasteiger partial charge in [-0.25, -0.2) is 4.79 Å². The average Bonchev–Trinajstić information content (AvgIpc) is 2.22. The molecule has 0 radical (unpaired) electrons. The van der Waals surface area contributed by atoms with Crippen molar-refractivity contribution >= 4 is 17.6 Å². The number of benzene rings is 1. The summed E-state index contributed by atoms with van der Waals surface area (Å²) in [5, 5.41) is 5.02. The molecule has 0 bridgehead atoms. The number of nitrogens with two attached hydrogens (primary N) is 1. The second-order valence-corrected chi connectivity index (χ2v) is 4.02. The zero-order chi connectivity index (χ0) is 13.0. The van der Waals surface area contributed by atoms with E-state index in [9.17, 15) is 9.59 Å². The third kappa shape index (κ3) is 3.79. The fourth-order valence-corrected chi connectivity index (χ4v) is 1.35. The van der Waals surface area contributed by atoms with Gasteiger partial charge >= 0.3 is 6.03 Å². The van der Waals surface area contributed by atoms with Gasteiger partial charge in [-0.3, -0.25) is 4.79 Å². The first-order valence-electron chi connectivity index (χ1n) is 5.34. The van der Waals surface area contributed by atoms with Crippen molar-refractivity contribution in [1.82, 2.24) is 5.32 Å². The van der Waals surface area contributed by atoms with E-state index in [1.165, 1.54) is 0 Å². The topological polar surface area (TPSA) is 84.2 Å². The molecular formula is C12H17N3O2. The van der Waals surface area contributed by atoms with Gasteiger partial charge in [0.15, 0.2) is 0 Å². The number of carbonyl (C=O) groups excluding carboxylic acids is 2. The Balaban J connectivity index is 2.67. The van der Waals surface area contributed by atoms with Crippen LogP contribution in [0.25, 0.3) is 0 Å². The fourth-order valence-electron chi connectivity index (χ4n) is 1.35. The van der Waals surface area contributed by atoms with E-state index in [0.717, 1.165) is 11.1 Å². The maximum Gasteiger partial charge on any atom is 0.312 e. The van der Waals surface area contributed by atoms with Gasteiger partial charge in [-0.05, 0) is 44.0 Å². The molecule has 92 valence electrons. The Morgan fingerprint density at radius 1 is 1.24 bits per heavy atom. The highest BCUT2D eigenvalue weighted by atomic mass is 16.2. The van der Waals surface area contributed by atoms with Gasteiger partial charge in [0.2, 0.25) is 5.91 Å². The minimum atomic E-state index is -0.715. The van der Waals surface area contributed by atoms with Crippen molar-refractivity contribution in [3.8, 4) is 0 Å². The molecule has 1 unspecified atom stereocenters. The summed E-state index contributed by atoms with van der Waals surface area (Å²) in [6.45, 7) is 5.54. The van der Waals surface area contributed by atoms with Crippen molar-refractivity contribution < 1.29 is 9.59 Å². The standard InChI is InChI=1S/C12H17N3O2/c1-7-4-5-10(6-8(7)2)15-11(16)9(3)14-12(13)17/h4-6,9H,1-3H3,(H,15,16)(H3,13,14,17). The number of nitrogens with one attached hydrogen (secondary N) is 2. The van der Waals surface area contributed by atoms with Crippen molar-refractivity contribution in [2.24, 2.45) is 5.73 Å². The van der Waals surface area contributed by atoms with Crippen LogP contribution < -0.4 is 16.4 Å². The van der Waals surface area contributed by atoms with Gasteiger partial charge in [0.1, 0.15) is 6.04 Å². The Kier molecular flexibility index (Phi) is 4.09. The molecule has 0 aromatic heterocycles. The minimum Gasteiger partial charge on any atom is -0.352 e. The normalized spacial score (nSPS) is 11.7. The lowest BCUT2D eigenvalue weighted by Crippen LogP contribution is -2.44. The number of amides is 3. The molecule has 5 nitrogen and oxygen atoms in total. The van der Waals surface area contributed by atoms with Crippen molar-refractivity contribution in [3.05, 3.63) is 29.3 Å². The third-order valence-electron chi connectivity index (χ3n) is 2.53. The summed E-state index contributed by atoms with van der Waals surface area (Å²) >= 11 is 0. The molecule has 0 aliphatic carbocycles. The molecule has 0 aliphatic rings. The van der Waals surface area contributed by atoms with Gasteiger partial charge in [0.25, 0.3) is 0 Å². The van der Waals surface area contributed by atoms with Gasteiger partial charge in [-0.2, -0.15) is 0 Å². The maximum atomic E-state index is 11.7. The molecule has 1 atom stereocenters. The van der Waals surface area contributed by atoms with Gasteiger partial charge in [-0.1, -0.05) is 6.07 Å². The first-order chi connectivity index (χ1) is 7.90. The number of aryl methyl sites for hydroxylation is 2. The van der Waals surface area contributed by atoms with Crippen LogP contribution in [-0.2, 0) is 4.79 Å². The summed E-state index contributed by atoms with van der Waals surface area (Å²) in [5.41, 5.74) is 7.90. The minimum absolute atomic E-state index is 0.299. The van der Waals surface area contributed by atoms with Crippen LogP contribution in [-0.4, -0.2) is 18.0 Å². The summed E-state index contributed by atoms with van der Waals surface area (Å²) < 4.78 is 0. The van der Waals surface area contributed by atoms with E-state index in [2.05, 4.69) is 10.6 Å². The van der Waals surface area contributed by atoms with Crippen LogP contribution >= 0.6 is 0 Å². The molecule has 17 heavy (non-hydrogen) atoms. The van der Waals surface area contributed by atoms with Crippen LogP contribution in [0.4, 0.5) is 10.5 Å². The fraction of sp³-hybridized carbons (Fsp3) is 0.333. The van der Waals surface area contributed by atoms with Crippen molar-refractivity contribution in [1.29, 1.82) is 0 Å². The number of urea groups is 1. The Labute approximate surface area is 100 Å². The molecular weight excluding hydrogens is 218 g/mol. The first kappa shape index (κ1) is 13.0. The zero-order valence-electron chi connectivity index (χ0n) is 10.2. The number of hydrogen-bond acceptors (Lipinski definition) is 2. The van der Waals surface area contributed by atoms with Crippen molar-refractivity contribution in [2.45, 2.75) is 26.8 Å². The molecule has 5 heteroatoms. The number of anilines is 1. The quantitative estimate of drug-likeness (QED) is 0.737. The Bertz CT molecular complexity index is 443. The van der Waals surface area contributed by atoms with E-state index in [1.807, 2.05) is 32.0 Å². The molecule has 0 saturated heterocycles. The molecule has 0 fully saturated rings. The highest BCUT2D eigenvalue weighted by Crippen LogP contribution is 2.14. The Morgan fingerprint density at radius 3 is 2.41 bits per heavy atom. The number of primary amides is 1. The summed E-state index contributed by atoms with van der Waals surface area (Å²) in [6, 6.07) is 4.25. The molecule has 1 aromatic rings. The molecule has 4 N–H and O–H groups in total. The molecule has 0 saturated carbocycles. The van der Waals surface area contributed by atoms with E-state index >= 15 is 0 Å². The molecule has 0 heterocycles. The zero-order valence-corrected chi connectivity index (χ0v) is 10.2. The van der Waals surface area contributed by atoms with E-state index < -0.39 is 12.1 Å². The van der Waals surface area contributed by atoms with Crippen LogP contribution in [0.2, 0.25) is 0 Å². The smallest absolute Gasteiger partial charge is 0.312 e. The van der Waals surface area contributed by atoms with Crippen molar-refractivity contribution in [2.75, 3.05) is 5.32 Å². The number of carbonyl (C=O) groups is 2. The highest BCUT2D eigenvalue weighted by Gasteiger charge is 2.13. The van der Waals surface area contributed by atoms with Crippen LogP contribution in [0, 0.1) is 13.8 Å². The summed E-state index contributed by atoms with van der Waals surface area (Å²) in [4.78, 5) is 22.3. The third-order valence-corrected chi connectivity index (χ3v) is 2.53. The summed E-state index contributed by atoms with van der Waals surface area (Å²) in [7, 11) is 0. The second kappa shape index (κ2) is 5.34. The Morgan fingerprint density at radius 2 is 1.88 bits per heavy atom. The predicted molar refractivity (Wildman–Crippen MR) is 66.7 cm³/mol. The lowest BCUT2D eigenvalue weighted by molar-refractivity contribution is -0.117. The van der Waals surface area contributed by atoms with Gasteiger partial charge < -0.3 is 16.4 Å². The number of hydrogen-bond donors (Lipinski definition) is 3. The molecule has 0 spiro atoms. The monoisotopic (exact) mass is 235 g/mol. The van der Waals surface area contributed by atoms with Crippen LogP contribution in [0.3, 0.4) is 0 Å². The number of rotatable bonds is 3. The van der Waals surface area contributed by atoms with Gasteiger partial charge in [-0.15, -0.1) is 0 Å². The van der Waals surface area contributed by atoms with Crippen LogP contribution in [0.5, 0.6) is 0 Å². The summed E-state index contributed by atoms with van der Waals surface area (Å²) in [6.07, 6.45) is 0. The van der Waals surface area contributed by atoms with Crippen LogP contribution in [0.15, 0.2) is 18.2 Å². The first-order valence-corrected chi connectivity index (χ1v) is 5.34. The van der Waals surface area contributed by atoms with E-state index in [0.29, 0.717) is 5.69 Å². The molecule has 1 rings (SSSR count). The van der Waals surface area contributed by atoms with Crippen LogP contribution in [0.1, 0.15) is 18.1 Å². The van der Waals surface area contributed by atoms with Crippen molar-refractivity contribution in [3.63, 3.8) is 0 Å².